The molecular formula is C20H19N7O2. The molecule has 1 fully saturated rings. The fourth-order valence-electron chi connectivity index (χ4n) is 3.02. The summed E-state index contributed by atoms with van der Waals surface area (Å²) in [7, 11) is 0. The van der Waals surface area contributed by atoms with E-state index in [2.05, 4.69) is 25.3 Å². The lowest BCUT2D eigenvalue weighted by atomic mass is 10.2. The first-order valence-electron chi connectivity index (χ1n) is 9.20. The molecule has 9 nitrogen and oxygen atoms in total. The van der Waals surface area contributed by atoms with Gasteiger partial charge in [0, 0.05) is 38.6 Å². The largest absolute Gasteiger partial charge is 0.352 e. The Balaban J connectivity index is 1.39. The summed E-state index contributed by atoms with van der Waals surface area (Å²) >= 11 is 0. The maximum Gasteiger partial charge on any atom is 0.277 e. The van der Waals surface area contributed by atoms with Gasteiger partial charge in [0.05, 0.1) is 12.4 Å². The summed E-state index contributed by atoms with van der Waals surface area (Å²) in [6.45, 7) is 2.28. The Labute approximate surface area is 167 Å². The van der Waals surface area contributed by atoms with E-state index in [9.17, 15) is 9.59 Å². The molecule has 9 heteroatoms. The predicted octanol–water partition coefficient (Wildman–Crippen LogP) is 1.48. The number of carbonyl (C=O) groups excluding carboxylic acids is 2. The van der Waals surface area contributed by atoms with Crippen LogP contribution in [0.1, 0.15) is 21.0 Å². The van der Waals surface area contributed by atoms with Crippen LogP contribution in [-0.4, -0.2) is 62.8 Å². The van der Waals surface area contributed by atoms with Crippen LogP contribution < -0.4 is 10.2 Å². The van der Waals surface area contributed by atoms with Crippen molar-refractivity contribution >= 4 is 23.5 Å². The molecule has 146 valence electrons. The first kappa shape index (κ1) is 18.5. The predicted molar refractivity (Wildman–Crippen MR) is 107 cm³/mol. The third-order valence-corrected chi connectivity index (χ3v) is 4.54. The summed E-state index contributed by atoms with van der Waals surface area (Å²) in [4.78, 5) is 45.5. The molecule has 0 aromatic carbocycles. The van der Waals surface area contributed by atoms with E-state index in [1.165, 1.54) is 6.20 Å². The lowest BCUT2D eigenvalue weighted by Crippen LogP contribution is -2.49. The van der Waals surface area contributed by atoms with Gasteiger partial charge in [-0.1, -0.05) is 12.1 Å². The van der Waals surface area contributed by atoms with Gasteiger partial charge in [-0.25, -0.2) is 9.97 Å². The first-order valence-corrected chi connectivity index (χ1v) is 9.20. The van der Waals surface area contributed by atoms with Gasteiger partial charge in [0.15, 0.2) is 0 Å². The van der Waals surface area contributed by atoms with Crippen molar-refractivity contribution in [2.45, 2.75) is 0 Å². The number of carbonyl (C=O) groups is 2. The zero-order chi connectivity index (χ0) is 20.1. The molecule has 0 saturated carbocycles. The van der Waals surface area contributed by atoms with Gasteiger partial charge < -0.3 is 15.1 Å². The summed E-state index contributed by atoms with van der Waals surface area (Å²) < 4.78 is 0. The summed E-state index contributed by atoms with van der Waals surface area (Å²) in [5.74, 6) is 0.594. The summed E-state index contributed by atoms with van der Waals surface area (Å²) in [6.07, 6.45) is 6.25. The van der Waals surface area contributed by atoms with Gasteiger partial charge in [-0.3, -0.25) is 19.6 Å². The zero-order valence-electron chi connectivity index (χ0n) is 15.6. The molecule has 3 aromatic rings. The molecule has 0 unspecified atom stereocenters. The first-order chi connectivity index (χ1) is 14.2. The monoisotopic (exact) mass is 389 g/mol. The van der Waals surface area contributed by atoms with Crippen molar-refractivity contribution in [1.82, 2.24) is 24.8 Å². The number of rotatable bonds is 4. The van der Waals surface area contributed by atoms with Gasteiger partial charge in [0.2, 0.25) is 0 Å². The highest BCUT2D eigenvalue weighted by Gasteiger charge is 2.24. The normalized spacial score (nSPS) is 13.8. The van der Waals surface area contributed by atoms with Crippen LogP contribution in [-0.2, 0) is 0 Å². The van der Waals surface area contributed by atoms with Gasteiger partial charge in [-0.2, -0.15) is 0 Å². The molecule has 29 heavy (non-hydrogen) atoms. The molecule has 0 aliphatic carbocycles. The molecule has 3 aromatic heterocycles. The zero-order valence-corrected chi connectivity index (χ0v) is 15.6. The summed E-state index contributed by atoms with van der Waals surface area (Å²) in [6, 6.07) is 10.6. The van der Waals surface area contributed by atoms with Crippen molar-refractivity contribution in [1.29, 1.82) is 0 Å². The molecule has 0 spiro atoms. The lowest BCUT2D eigenvalue weighted by molar-refractivity contribution is 0.0740. The molecule has 1 saturated heterocycles. The highest BCUT2D eigenvalue weighted by atomic mass is 16.2. The number of hydrogen-bond acceptors (Lipinski definition) is 7. The third kappa shape index (κ3) is 4.34. The maximum atomic E-state index is 12.5. The number of aromatic nitrogens is 4. The number of anilines is 2. The minimum atomic E-state index is -0.373. The quantitative estimate of drug-likeness (QED) is 0.721. The van der Waals surface area contributed by atoms with Crippen molar-refractivity contribution in [2.75, 3.05) is 36.4 Å². The number of piperazine rings is 1. The van der Waals surface area contributed by atoms with Crippen LogP contribution in [0, 0.1) is 0 Å². The van der Waals surface area contributed by atoms with Crippen LogP contribution in [0.4, 0.5) is 11.6 Å². The second-order valence-corrected chi connectivity index (χ2v) is 6.43. The van der Waals surface area contributed by atoms with Gasteiger partial charge in [-0.05, 0) is 24.3 Å². The Kier molecular flexibility index (Phi) is 5.37. The van der Waals surface area contributed by atoms with Gasteiger partial charge in [0.25, 0.3) is 11.8 Å². The highest BCUT2D eigenvalue weighted by Crippen LogP contribution is 2.15. The number of hydrogen-bond donors (Lipinski definition) is 1. The summed E-state index contributed by atoms with van der Waals surface area (Å²) in [5, 5.41) is 2.70. The topological polar surface area (TPSA) is 104 Å². The van der Waals surface area contributed by atoms with Crippen LogP contribution in [0.5, 0.6) is 0 Å². The Hall–Kier alpha value is -3.88. The standard InChI is InChI=1S/C20H19N7O2/c28-19(25-17-6-2-4-8-23-17)16-13-21-14-18(24-16)26-9-11-27(12-10-26)20(29)15-5-1-3-7-22-15/h1-8,13-14H,9-12H2,(H,23,25,28). The average molecular weight is 389 g/mol. The van der Waals surface area contributed by atoms with E-state index in [4.69, 9.17) is 0 Å². The number of pyridine rings is 2. The van der Waals surface area contributed by atoms with Gasteiger partial charge in [-0.15, -0.1) is 0 Å². The van der Waals surface area contributed by atoms with Crippen molar-refractivity contribution in [3.63, 3.8) is 0 Å². The van der Waals surface area contributed by atoms with Crippen molar-refractivity contribution in [3.05, 3.63) is 72.6 Å². The highest BCUT2D eigenvalue weighted by molar-refractivity contribution is 6.02. The molecular weight excluding hydrogens is 370 g/mol. The van der Waals surface area contributed by atoms with Crippen LogP contribution >= 0.6 is 0 Å². The smallest absolute Gasteiger partial charge is 0.277 e. The minimum absolute atomic E-state index is 0.0835. The van der Waals surface area contributed by atoms with Crippen LogP contribution in [0.3, 0.4) is 0 Å². The van der Waals surface area contributed by atoms with Gasteiger partial charge in [0.1, 0.15) is 23.0 Å². The van der Waals surface area contributed by atoms with E-state index in [0.29, 0.717) is 43.5 Å². The van der Waals surface area contributed by atoms with E-state index in [1.54, 1.807) is 59.9 Å². The van der Waals surface area contributed by atoms with E-state index >= 15 is 0 Å². The maximum absolute atomic E-state index is 12.5. The van der Waals surface area contributed by atoms with E-state index < -0.39 is 0 Å². The molecule has 1 N–H and O–H groups in total. The fraction of sp³-hybridized carbons (Fsp3) is 0.200. The SMILES string of the molecule is O=C(Nc1ccccn1)c1cncc(N2CCN(C(=O)c3ccccn3)CC2)n1. The van der Waals surface area contributed by atoms with Crippen LogP contribution in [0.2, 0.25) is 0 Å². The number of nitrogens with zero attached hydrogens (tertiary/aromatic N) is 6. The van der Waals surface area contributed by atoms with E-state index in [0.717, 1.165) is 0 Å². The molecule has 4 heterocycles. The molecule has 1 aliphatic heterocycles. The second-order valence-electron chi connectivity index (χ2n) is 6.43. The molecule has 1 aliphatic rings. The Bertz CT molecular complexity index is 990. The lowest BCUT2D eigenvalue weighted by Gasteiger charge is -2.35. The summed E-state index contributed by atoms with van der Waals surface area (Å²) in [5.41, 5.74) is 0.647. The molecule has 0 atom stereocenters. The Morgan fingerprint density at radius 2 is 1.62 bits per heavy atom. The molecule has 0 bridgehead atoms. The molecule has 0 radical (unpaired) electrons. The van der Waals surface area contributed by atoms with Crippen molar-refractivity contribution in [2.24, 2.45) is 0 Å². The number of amides is 2. The molecule has 2 amide bonds. The third-order valence-electron chi connectivity index (χ3n) is 4.54. The van der Waals surface area contributed by atoms with Gasteiger partial charge >= 0.3 is 0 Å². The second kappa shape index (κ2) is 8.42. The number of nitrogens with one attached hydrogen (secondary N) is 1. The Morgan fingerprint density at radius 3 is 2.31 bits per heavy atom. The van der Waals surface area contributed by atoms with E-state index in [-0.39, 0.29) is 17.5 Å². The Morgan fingerprint density at radius 1 is 0.862 bits per heavy atom. The molecule has 4 rings (SSSR count). The van der Waals surface area contributed by atoms with Crippen molar-refractivity contribution < 1.29 is 9.59 Å². The fourth-order valence-corrected chi connectivity index (χ4v) is 3.02. The van der Waals surface area contributed by atoms with E-state index in [1.807, 2.05) is 4.90 Å². The van der Waals surface area contributed by atoms with Crippen LogP contribution in [0.15, 0.2) is 61.2 Å². The minimum Gasteiger partial charge on any atom is -0.352 e. The van der Waals surface area contributed by atoms with Crippen molar-refractivity contribution in [3.8, 4) is 0 Å². The van der Waals surface area contributed by atoms with Crippen LogP contribution in [0.25, 0.3) is 0 Å². The average Bonchev–Trinajstić information content (AvgIpc) is 2.80.